The van der Waals surface area contributed by atoms with Gasteiger partial charge in [0.1, 0.15) is 5.82 Å². The second kappa shape index (κ2) is 6.34. The van der Waals surface area contributed by atoms with Crippen molar-refractivity contribution in [3.8, 4) is 0 Å². The third kappa shape index (κ3) is 2.93. The van der Waals surface area contributed by atoms with E-state index in [1.807, 2.05) is 12.1 Å². The SMILES string of the molecule is CC1=CC(c2ccc(Cl)cc2)N2C(=CCN2Cc2ccccc2)N1. The number of hydrogen-bond acceptors (Lipinski definition) is 3. The van der Waals surface area contributed by atoms with Crippen molar-refractivity contribution in [1.29, 1.82) is 0 Å². The number of fused-ring (bicyclic) bond motifs is 1. The van der Waals surface area contributed by atoms with E-state index in [1.165, 1.54) is 16.8 Å². The Hall–Kier alpha value is -2.23. The minimum absolute atomic E-state index is 0.181. The highest BCUT2D eigenvalue weighted by atomic mass is 35.5. The maximum atomic E-state index is 6.06. The van der Waals surface area contributed by atoms with Gasteiger partial charge in [-0.05, 0) is 42.3 Å². The van der Waals surface area contributed by atoms with Crippen LogP contribution >= 0.6 is 11.6 Å². The fraction of sp³-hybridized carbons (Fsp3) is 0.200. The van der Waals surface area contributed by atoms with Gasteiger partial charge >= 0.3 is 0 Å². The summed E-state index contributed by atoms with van der Waals surface area (Å²) in [7, 11) is 0. The monoisotopic (exact) mass is 337 g/mol. The quantitative estimate of drug-likeness (QED) is 0.892. The molecule has 0 aliphatic carbocycles. The number of benzene rings is 2. The van der Waals surface area contributed by atoms with Crippen LogP contribution in [0.15, 0.2) is 78.3 Å². The molecule has 4 rings (SSSR count). The molecule has 0 bridgehead atoms. The minimum Gasteiger partial charge on any atom is -0.345 e. The van der Waals surface area contributed by atoms with Gasteiger partial charge in [0.15, 0.2) is 0 Å². The van der Waals surface area contributed by atoms with Crippen molar-refractivity contribution >= 4 is 11.6 Å². The molecule has 2 aromatic carbocycles. The van der Waals surface area contributed by atoms with Gasteiger partial charge in [-0.3, -0.25) is 5.01 Å². The Balaban J connectivity index is 1.65. The first-order valence-corrected chi connectivity index (χ1v) is 8.57. The Labute approximate surface area is 147 Å². The van der Waals surface area contributed by atoms with E-state index in [0.29, 0.717) is 0 Å². The van der Waals surface area contributed by atoms with Crippen LogP contribution in [0.3, 0.4) is 0 Å². The highest BCUT2D eigenvalue weighted by molar-refractivity contribution is 6.30. The molecule has 0 spiro atoms. The molecule has 2 heterocycles. The first-order valence-electron chi connectivity index (χ1n) is 8.20. The summed E-state index contributed by atoms with van der Waals surface area (Å²) in [5, 5.41) is 8.98. The fourth-order valence-electron chi connectivity index (χ4n) is 3.34. The molecule has 3 nitrogen and oxygen atoms in total. The molecule has 0 amide bonds. The van der Waals surface area contributed by atoms with Crippen molar-refractivity contribution in [1.82, 2.24) is 15.3 Å². The predicted molar refractivity (Wildman–Crippen MR) is 97.9 cm³/mol. The average molecular weight is 338 g/mol. The Bertz CT molecular complexity index is 780. The third-order valence-electron chi connectivity index (χ3n) is 4.46. The maximum absolute atomic E-state index is 6.06. The molecular formula is C20H20ClN3. The molecule has 0 radical (unpaired) electrons. The zero-order valence-electron chi connectivity index (χ0n) is 13.6. The molecule has 1 unspecified atom stereocenters. The van der Waals surface area contributed by atoms with Gasteiger partial charge in [-0.1, -0.05) is 54.1 Å². The normalized spacial score (nSPS) is 20.2. The van der Waals surface area contributed by atoms with Crippen LogP contribution in [-0.2, 0) is 6.54 Å². The number of rotatable bonds is 3. The van der Waals surface area contributed by atoms with Crippen molar-refractivity contribution in [2.75, 3.05) is 6.54 Å². The highest BCUT2D eigenvalue weighted by Crippen LogP contribution is 2.35. The molecule has 24 heavy (non-hydrogen) atoms. The number of hydrogen-bond donors (Lipinski definition) is 1. The van der Waals surface area contributed by atoms with E-state index < -0.39 is 0 Å². The van der Waals surface area contributed by atoms with E-state index in [4.69, 9.17) is 11.6 Å². The Morgan fingerprint density at radius 3 is 2.58 bits per heavy atom. The smallest absolute Gasteiger partial charge is 0.118 e. The number of allylic oxidation sites excluding steroid dienone is 1. The summed E-state index contributed by atoms with van der Waals surface area (Å²) in [4.78, 5) is 0. The Kier molecular flexibility index (Phi) is 4.05. The molecule has 0 aromatic heterocycles. The first kappa shape index (κ1) is 15.3. The van der Waals surface area contributed by atoms with Gasteiger partial charge in [-0.25, -0.2) is 5.01 Å². The number of halogens is 1. The molecule has 122 valence electrons. The van der Waals surface area contributed by atoms with Crippen molar-refractivity contribution < 1.29 is 0 Å². The molecule has 0 saturated carbocycles. The van der Waals surface area contributed by atoms with Crippen molar-refractivity contribution in [3.63, 3.8) is 0 Å². The molecule has 4 heteroatoms. The topological polar surface area (TPSA) is 18.5 Å². The molecule has 2 aliphatic heterocycles. The molecule has 2 aliphatic rings. The Morgan fingerprint density at radius 1 is 1.08 bits per heavy atom. The van der Waals surface area contributed by atoms with Crippen LogP contribution in [0.2, 0.25) is 5.02 Å². The highest BCUT2D eigenvalue weighted by Gasteiger charge is 2.33. The largest absolute Gasteiger partial charge is 0.345 e. The van der Waals surface area contributed by atoms with Gasteiger partial charge in [0.2, 0.25) is 0 Å². The lowest BCUT2D eigenvalue weighted by molar-refractivity contribution is -0.00342. The predicted octanol–water partition coefficient (Wildman–Crippen LogP) is 4.46. The van der Waals surface area contributed by atoms with Crippen LogP contribution in [0.5, 0.6) is 0 Å². The summed E-state index contributed by atoms with van der Waals surface area (Å²) in [6, 6.07) is 18.9. The zero-order chi connectivity index (χ0) is 16.5. The van der Waals surface area contributed by atoms with Gasteiger partial charge in [-0.2, -0.15) is 0 Å². The van der Waals surface area contributed by atoms with Crippen LogP contribution in [0.1, 0.15) is 24.1 Å². The second-order valence-electron chi connectivity index (χ2n) is 6.24. The molecule has 0 fully saturated rings. The fourth-order valence-corrected chi connectivity index (χ4v) is 3.47. The van der Waals surface area contributed by atoms with Gasteiger partial charge < -0.3 is 5.32 Å². The zero-order valence-corrected chi connectivity index (χ0v) is 14.4. The molecule has 0 saturated heterocycles. The lowest BCUT2D eigenvalue weighted by Crippen LogP contribution is -2.44. The number of nitrogens with zero attached hydrogens (tertiary/aromatic N) is 2. The first-order chi connectivity index (χ1) is 11.7. The van der Waals surface area contributed by atoms with E-state index in [1.54, 1.807) is 0 Å². The van der Waals surface area contributed by atoms with Crippen LogP contribution < -0.4 is 5.32 Å². The maximum Gasteiger partial charge on any atom is 0.118 e. The summed E-state index contributed by atoms with van der Waals surface area (Å²) in [6.07, 6.45) is 4.52. The molecular weight excluding hydrogens is 318 g/mol. The van der Waals surface area contributed by atoms with E-state index in [9.17, 15) is 0 Å². The summed E-state index contributed by atoms with van der Waals surface area (Å²) in [5.41, 5.74) is 3.73. The van der Waals surface area contributed by atoms with E-state index in [0.717, 1.165) is 23.9 Å². The van der Waals surface area contributed by atoms with Crippen molar-refractivity contribution in [3.05, 3.63) is 94.4 Å². The van der Waals surface area contributed by atoms with Gasteiger partial charge in [0.25, 0.3) is 0 Å². The van der Waals surface area contributed by atoms with Crippen LogP contribution in [0.25, 0.3) is 0 Å². The Morgan fingerprint density at radius 2 is 1.83 bits per heavy atom. The molecule has 1 N–H and O–H groups in total. The van der Waals surface area contributed by atoms with E-state index >= 15 is 0 Å². The summed E-state index contributed by atoms with van der Waals surface area (Å²) < 4.78 is 0. The second-order valence-corrected chi connectivity index (χ2v) is 6.67. The van der Waals surface area contributed by atoms with Crippen LogP contribution in [0.4, 0.5) is 0 Å². The summed E-state index contributed by atoms with van der Waals surface area (Å²) in [6.45, 7) is 3.91. The van der Waals surface area contributed by atoms with Crippen molar-refractivity contribution in [2.45, 2.75) is 19.5 Å². The molecule has 2 aromatic rings. The number of nitrogens with one attached hydrogen (secondary N) is 1. The summed E-state index contributed by atoms with van der Waals surface area (Å²) >= 11 is 6.06. The lowest BCUT2D eigenvalue weighted by atomic mass is 10.0. The minimum atomic E-state index is 0.181. The third-order valence-corrected chi connectivity index (χ3v) is 4.71. The standard InChI is InChI=1S/C20H20ClN3/c1-15-13-19(17-7-9-18(21)10-8-17)24-20(22-15)11-12-23(24)14-16-5-3-2-4-6-16/h2-11,13,19,22H,12,14H2,1H3. The number of hydrazine groups is 1. The average Bonchev–Trinajstić information content (AvgIpc) is 2.98. The van der Waals surface area contributed by atoms with Crippen molar-refractivity contribution in [2.24, 2.45) is 0 Å². The lowest BCUT2D eigenvalue weighted by Gasteiger charge is -2.41. The van der Waals surface area contributed by atoms with E-state index in [2.05, 4.69) is 76.9 Å². The van der Waals surface area contributed by atoms with Gasteiger partial charge in [0, 0.05) is 23.8 Å². The summed E-state index contributed by atoms with van der Waals surface area (Å²) in [5.74, 6) is 1.16. The van der Waals surface area contributed by atoms with Gasteiger partial charge in [-0.15, -0.1) is 0 Å². The molecule has 1 atom stereocenters. The van der Waals surface area contributed by atoms with E-state index in [-0.39, 0.29) is 6.04 Å². The van der Waals surface area contributed by atoms with Gasteiger partial charge in [0.05, 0.1) is 6.04 Å². The van der Waals surface area contributed by atoms with Crippen LogP contribution in [0, 0.1) is 0 Å². The van der Waals surface area contributed by atoms with Crippen LogP contribution in [-0.4, -0.2) is 16.6 Å².